The second kappa shape index (κ2) is 6.26. The van der Waals surface area contributed by atoms with Gasteiger partial charge in [0.05, 0.1) is 6.04 Å². The Morgan fingerprint density at radius 3 is 2.52 bits per heavy atom. The van der Waals surface area contributed by atoms with Crippen molar-refractivity contribution >= 4 is 17.7 Å². The molecule has 1 amide bonds. The van der Waals surface area contributed by atoms with E-state index in [1.807, 2.05) is 25.7 Å². The van der Waals surface area contributed by atoms with Gasteiger partial charge in [-0.25, -0.2) is 0 Å². The Morgan fingerprint density at radius 1 is 1.24 bits per heavy atom. The highest BCUT2D eigenvalue weighted by Gasteiger charge is 2.66. The third kappa shape index (κ3) is 3.13. The molecule has 5 unspecified atom stereocenters. The van der Waals surface area contributed by atoms with Gasteiger partial charge >= 0.3 is 5.97 Å². The summed E-state index contributed by atoms with van der Waals surface area (Å²) in [6.45, 7) is 11.4. The average molecular weight is 347 g/mol. The van der Waals surface area contributed by atoms with Crippen molar-refractivity contribution in [3.8, 4) is 0 Å². The lowest BCUT2D eigenvalue weighted by atomic mass is 9.87. The van der Waals surface area contributed by atoms with Crippen LogP contribution in [0.15, 0.2) is 12.2 Å². The van der Waals surface area contributed by atoms with Crippen LogP contribution in [0.5, 0.6) is 0 Å². The lowest BCUT2D eigenvalue weighted by Crippen LogP contribution is -2.52. The van der Waals surface area contributed by atoms with Gasteiger partial charge in [-0.2, -0.15) is 0 Å². The molecule has 3 rings (SSSR count). The topological polar surface area (TPSA) is 63.7 Å². The van der Waals surface area contributed by atoms with E-state index < -0.39 is 0 Å². The summed E-state index contributed by atoms with van der Waals surface area (Å²) in [5, 5.41) is 0. The molecule has 0 spiro atoms. The first-order valence-electron chi connectivity index (χ1n) is 9.32. The number of likely N-dealkylation sites (tertiary alicyclic amines) is 1. The number of amides is 1. The molecule has 3 aliphatic rings. The van der Waals surface area contributed by atoms with Crippen molar-refractivity contribution in [1.82, 2.24) is 4.90 Å². The summed E-state index contributed by atoms with van der Waals surface area (Å²) < 4.78 is 5.82. The lowest BCUT2D eigenvalue weighted by Gasteiger charge is -2.39. The van der Waals surface area contributed by atoms with Crippen LogP contribution in [0.4, 0.5) is 0 Å². The molecule has 2 aliphatic carbocycles. The fourth-order valence-electron chi connectivity index (χ4n) is 4.99. The first kappa shape index (κ1) is 18.2. The van der Waals surface area contributed by atoms with Gasteiger partial charge in [-0.05, 0) is 64.4 Å². The Hall–Kier alpha value is -1.65. The highest BCUT2D eigenvalue weighted by atomic mass is 16.5. The van der Waals surface area contributed by atoms with E-state index in [-0.39, 0.29) is 47.7 Å². The zero-order valence-corrected chi connectivity index (χ0v) is 15.7. The quantitative estimate of drug-likeness (QED) is 0.547. The normalized spacial score (nSPS) is 33.0. The van der Waals surface area contributed by atoms with E-state index in [0.29, 0.717) is 30.3 Å². The minimum Gasteiger partial charge on any atom is -0.460 e. The first-order valence-corrected chi connectivity index (χ1v) is 9.32. The number of hydrogen-bond donors (Lipinski definition) is 0. The zero-order valence-electron chi connectivity index (χ0n) is 15.7. The lowest BCUT2D eigenvalue weighted by molar-refractivity contribution is -0.157. The smallest absolute Gasteiger partial charge is 0.306 e. The van der Waals surface area contributed by atoms with Crippen LogP contribution in [0.2, 0.25) is 0 Å². The largest absolute Gasteiger partial charge is 0.460 e. The molecule has 2 bridgehead atoms. The van der Waals surface area contributed by atoms with Gasteiger partial charge < -0.3 is 9.64 Å². The molecule has 0 aromatic rings. The molecule has 5 nitrogen and oxygen atoms in total. The summed E-state index contributed by atoms with van der Waals surface area (Å²) in [6.07, 6.45) is 2.71. The van der Waals surface area contributed by atoms with Gasteiger partial charge in [0.25, 0.3) is 0 Å². The third-order valence-electron chi connectivity index (χ3n) is 5.99. The number of ketones is 1. The van der Waals surface area contributed by atoms with Crippen molar-refractivity contribution in [1.29, 1.82) is 0 Å². The molecule has 138 valence electrons. The number of allylic oxidation sites excluding steroid dienone is 1. The number of ether oxygens (including phenoxy) is 1. The maximum absolute atomic E-state index is 12.8. The van der Waals surface area contributed by atoms with Gasteiger partial charge in [0.15, 0.2) is 5.78 Å². The molecule has 3 fully saturated rings. The molecule has 1 aliphatic heterocycles. The van der Waals surface area contributed by atoms with Gasteiger partial charge in [-0.1, -0.05) is 6.58 Å². The molecule has 2 saturated carbocycles. The zero-order chi connectivity index (χ0) is 18.5. The molecule has 25 heavy (non-hydrogen) atoms. The van der Waals surface area contributed by atoms with Crippen LogP contribution in [0.1, 0.15) is 59.8 Å². The molecule has 0 N–H and O–H groups in total. The van der Waals surface area contributed by atoms with Gasteiger partial charge in [0.2, 0.25) is 5.91 Å². The molecule has 5 heteroatoms. The fraction of sp³-hybridized carbons (Fsp3) is 0.750. The summed E-state index contributed by atoms with van der Waals surface area (Å²) in [5.41, 5.74) is 0.268. The maximum Gasteiger partial charge on any atom is 0.306 e. The van der Waals surface area contributed by atoms with Crippen molar-refractivity contribution in [2.24, 2.45) is 17.8 Å². The number of carbonyl (C=O) groups excluding carboxylic acids is 3. The van der Waals surface area contributed by atoms with Crippen molar-refractivity contribution in [2.45, 2.75) is 77.5 Å². The number of Topliss-reactive ketones (excluding diaryl/α,β-unsaturated/α-hetero) is 1. The number of rotatable bonds is 6. The van der Waals surface area contributed by atoms with Gasteiger partial charge in [0, 0.05) is 24.3 Å². The van der Waals surface area contributed by atoms with E-state index >= 15 is 0 Å². The highest BCUT2D eigenvalue weighted by molar-refractivity contribution is 5.94. The summed E-state index contributed by atoms with van der Waals surface area (Å²) in [4.78, 5) is 38.6. The molecule has 0 radical (unpaired) electrons. The monoisotopic (exact) mass is 347 g/mol. The van der Waals surface area contributed by atoms with Crippen LogP contribution in [-0.4, -0.2) is 40.2 Å². The summed E-state index contributed by atoms with van der Waals surface area (Å²) in [6, 6.07) is 0.0252. The van der Waals surface area contributed by atoms with Crippen molar-refractivity contribution < 1.29 is 19.1 Å². The first-order chi connectivity index (χ1) is 11.6. The Morgan fingerprint density at radius 2 is 1.92 bits per heavy atom. The number of fused-ring (bicyclic) bond motifs is 1. The molecular weight excluding hydrogens is 318 g/mol. The SMILES string of the molecule is C=C(C)C(=O)CCCC(=O)OC1C2CC3C(=O)N(C(C)(C)C)C1C3C2. The maximum atomic E-state index is 12.8. The second-order valence-electron chi connectivity index (χ2n) is 8.88. The van der Waals surface area contributed by atoms with E-state index in [4.69, 9.17) is 4.74 Å². The van der Waals surface area contributed by atoms with Crippen molar-refractivity contribution in [3.05, 3.63) is 12.2 Å². The average Bonchev–Trinajstić information content (AvgIpc) is 3.09. The van der Waals surface area contributed by atoms with E-state index in [2.05, 4.69) is 6.58 Å². The van der Waals surface area contributed by atoms with Crippen LogP contribution >= 0.6 is 0 Å². The summed E-state index contributed by atoms with van der Waals surface area (Å²) in [5.74, 6) is 0.734. The third-order valence-corrected chi connectivity index (χ3v) is 5.99. The highest BCUT2D eigenvalue weighted by Crippen LogP contribution is 2.57. The predicted molar refractivity (Wildman–Crippen MR) is 93.6 cm³/mol. The van der Waals surface area contributed by atoms with E-state index in [0.717, 1.165) is 12.8 Å². The van der Waals surface area contributed by atoms with Gasteiger partial charge in [-0.15, -0.1) is 0 Å². The molecule has 1 heterocycles. The van der Waals surface area contributed by atoms with E-state index in [1.165, 1.54) is 0 Å². The standard InChI is InChI=1S/C20H29NO4/c1-11(2)15(22)7-6-8-16(23)25-18-12-9-13-14(10-12)19(24)21(17(13)18)20(3,4)5/h12-14,17-18H,1,6-10H2,2-5H3. The minimum atomic E-state index is -0.257. The molecule has 1 saturated heterocycles. The van der Waals surface area contributed by atoms with Crippen LogP contribution in [-0.2, 0) is 19.1 Å². The van der Waals surface area contributed by atoms with Crippen LogP contribution in [0.3, 0.4) is 0 Å². The molecule has 0 aromatic carbocycles. The van der Waals surface area contributed by atoms with Crippen LogP contribution < -0.4 is 0 Å². The van der Waals surface area contributed by atoms with Crippen LogP contribution in [0.25, 0.3) is 0 Å². The predicted octanol–water partition coefficient (Wildman–Crippen LogP) is 2.88. The Kier molecular flexibility index (Phi) is 4.54. The van der Waals surface area contributed by atoms with Crippen molar-refractivity contribution in [2.75, 3.05) is 0 Å². The fourth-order valence-corrected chi connectivity index (χ4v) is 4.99. The number of nitrogens with zero attached hydrogens (tertiary/aromatic N) is 1. The Labute approximate surface area is 149 Å². The number of hydrogen-bond acceptors (Lipinski definition) is 4. The molecule has 0 aromatic heterocycles. The minimum absolute atomic E-state index is 0.00383. The number of esters is 1. The van der Waals surface area contributed by atoms with E-state index in [9.17, 15) is 14.4 Å². The van der Waals surface area contributed by atoms with Gasteiger partial charge in [-0.3, -0.25) is 14.4 Å². The summed E-state index contributed by atoms with van der Waals surface area (Å²) >= 11 is 0. The Balaban J connectivity index is 1.62. The molecule has 5 atom stereocenters. The molecular formula is C20H29NO4. The van der Waals surface area contributed by atoms with Gasteiger partial charge in [0.1, 0.15) is 6.10 Å². The number of carbonyl (C=O) groups is 3. The van der Waals surface area contributed by atoms with Crippen LogP contribution in [0, 0.1) is 17.8 Å². The second-order valence-corrected chi connectivity index (χ2v) is 8.88. The van der Waals surface area contributed by atoms with E-state index in [1.54, 1.807) is 6.92 Å². The Bertz CT molecular complexity index is 618. The summed E-state index contributed by atoms with van der Waals surface area (Å²) in [7, 11) is 0. The van der Waals surface area contributed by atoms with Crippen molar-refractivity contribution in [3.63, 3.8) is 0 Å².